The van der Waals surface area contributed by atoms with E-state index in [1.165, 1.54) is 0 Å². The molecule has 0 spiro atoms. The molecule has 1 aromatic carbocycles. The molecule has 0 aliphatic carbocycles. The average molecular weight is 402 g/mol. The van der Waals surface area contributed by atoms with Gasteiger partial charge in [0.05, 0.1) is 20.3 Å². The number of nitrogens with one attached hydrogen (secondary N) is 1. The van der Waals surface area contributed by atoms with E-state index in [9.17, 15) is 9.59 Å². The highest BCUT2D eigenvalue weighted by molar-refractivity contribution is 9.10. The fourth-order valence-electron chi connectivity index (χ4n) is 1.98. The molecule has 134 valence electrons. The van der Waals surface area contributed by atoms with Gasteiger partial charge in [0, 0.05) is 4.47 Å². The molecular weight excluding hydrogens is 378 g/mol. The van der Waals surface area contributed by atoms with Crippen LogP contribution < -0.4 is 10.1 Å². The summed E-state index contributed by atoms with van der Waals surface area (Å²) in [5, 5.41) is 2.90. The van der Waals surface area contributed by atoms with Crippen LogP contribution in [0.25, 0.3) is 0 Å². The Balaban J connectivity index is 2.97. The molecule has 7 heteroatoms. The quantitative estimate of drug-likeness (QED) is 0.707. The van der Waals surface area contributed by atoms with Gasteiger partial charge in [-0.05, 0) is 51.5 Å². The largest absolute Gasteiger partial charge is 0.497 e. The second-order valence-corrected chi connectivity index (χ2v) is 6.89. The second-order valence-electron chi connectivity index (χ2n) is 6.04. The number of hydrogen-bond acceptors (Lipinski definition) is 6. The Hall–Kier alpha value is -1.60. The smallest absolute Gasteiger partial charge is 0.327 e. The highest BCUT2D eigenvalue weighted by Gasteiger charge is 2.26. The fraction of sp³-hybridized carbons (Fsp3) is 0.529. The number of hydrogen-bond donors (Lipinski definition) is 1. The molecule has 24 heavy (non-hydrogen) atoms. The van der Waals surface area contributed by atoms with E-state index in [1.807, 2.05) is 0 Å². The van der Waals surface area contributed by atoms with Crippen LogP contribution in [0.4, 0.5) is 0 Å². The maximum absolute atomic E-state index is 12.3. The van der Waals surface area contributed by atoms with Gasteiger partial charge in [-0.15, -0.1) is 0 Å². The van der Waals surface area contributed by atoms with Gasteiger partial charge in [0.2, 0.25) is 0 Å². The lowest BCUT2D eigenvalue weighted by atomic mass is 10.1. The standard InChI is InChI=1S/C17H24BrNO5/c1-6-23-16(21)15(19-10-14(20)24-17(2,3)4)12-9-11(22-5)7-8-13(12)18/h7-9,15,19H,6,10H2,1-5H3. The molecule has 0 bridgehead atoms. The molecule has 0 saturated heterocycles. The molecule has 0 aliphatic rings. The first-order chi connectivity index (χ1) is 11.2. The van der Waals surface area contributed by atoms with Crippen LogP contribution in [0.3, 0.4) is 0 Å². The van der Waals surface area contributed by atoms with Crippen molar-refractivity contribution >= 4 is 27.9 Å². The van der Waals surface area contributed by atoms with Crippen LogP contribution in [0.15, 0.2) is 22.7 Å². The van der Waals surface area contributed by atoms with Crippen LogP contribution in [0.1, 0.15) is 39.3 Å². The maximum Gasteiger partial charge on any atom is 0.327 e. The summed E-state index contributed by atoms with van der Waals surface area (Å²) in [6, 6.07) is 4.44. The van der Waals surface area contributed by atoms with Crippen LogP contribution >= 0.6 is 15.9 Å². The first-order valence-electron chi connectivity index (χ1n) is 7.63. The molecule has 0 aliphatic heterocycles. The van der Waals surface area contributed by atoms with E-state index in [1.54, 1.807) is 53.0 Å². The molecule has 0 radical (unpaired) electrons. The van der Waals surface area contributed by atoms with Gasteiger partial charge in [-0.1, -0.05) is 15.9 Å². The van der Waals surface area contributed by atoms with Crippen LogP contribution in [0.5, 0.6) is 5.75 Å². The normalized spacial score (nSPS) is 12.4. The monoisotopic (exact) mass is 401 g/mol. The van der Waals surface area contributed by atoms with Gasteiger partial charge >= 0.3 is 11.9 Å². The van der Waals surface area contributed by atoms with E-state index < -0.39 is 23.6 Å². The molecule has 1 aromatic rings. The van der Waals surface area contributed by atoms with Crippen LogP contribution in [-0.2, 0) is 19.1 Å². The van der Waals surface area contributed by atoms with Crippen molar-refractivity contribution in [3.05, 3.63) is 28.2 Å². The Morgan fingerprint density at radius 2 is 1.96 bits per heavy atom. The van der Waals surface area contributed by atoms with Crippen molar-refractivity contribution in [3.63, 3.8) is 0 Å². The zero-order valence-corrected chi connectivity index (χ0v) is 16.2. The Morgan fingerprint density at radius 1 is 1.29 bits per heavy atom. The number of methoxy groups -OCH3 is 1. The molecule has 0 heterocycles. The van der Waals surface area contributed by atoms with Crippen molar-refractivity contribution in [2.75, 3.05) is 20.3 Å². The molecule has 1 N–H and O–H groups in total. The summed E-state index contributed by atoms with van der Waals surface area (Å²) < 4.78 is 16.3. The molecule has 1 rings (SSSR count). The van der Waals surface area contributed by atoms with Gasteiger partial charge in [0.25, 0.3) is 0 Å². The summed E-state index contributed by atoms with van der Waals surface area (Å²) in [4.78, 5) is 24.2. The molecule has 1 atom stereocenters. The third-order valence-electron chi connectivity index (χ3n) is 2.91. The minimum Gasteiger partial charge on any atom is -0.497 e. The predicted octanol–water partition coefficient (Wildman–Crippen LogP) is 2.99. The first kappa shape index (κ1) is 20.4. The summed E-state index contributed by atoms with van der Waals surface area (Å²) in [7, 11) is 1.54. The summed E-state index contributed by atoms with van der Waals surface area (Å²) in [6.45, 7) is 7.20. The van der Waals surface area contributed by atoms with Crippen molar-refractivity contribution in [2.24, 2.45) is 0 Å². The van der Waals surface area contributed by atoms with Crippen molar-refractivity contribution in [1.29, 1.82) is 0 Å². The summed E-state index contributed by atoms with van der Waals surface area (Å²) in [5.41, 5.74) is 0.0331. The molecule has 6 nitrogen and oxygen atoms in total. The number of esters is 2. The van der Waals surface area contributed by atoms with E-state index in [4.69, 9.17) is 14.2 Å². The van der Waals surface area contributed by atoms with E-state index in [0.717, 1.165) is 0 Å². The van der Waals surface area contributed by atoms with Crippen LogP contribution in [-0.4, -0.2) is 37.8 Å². The first-order valence-corrected chi connectivity index (χ1v) is 8.42. The van der Waals surface area contributed by atoms with Gasteiger partial charge in [0.15, 0.2) is 0 Å². The third-order valence-corrected chi connectivity index (χ3v) is 3.63. The van der Waals surface area contributed by atoms with Crippen molar-refractivity contribution in [1.82, 2.24) is 5.32 Å². The van der Waals surface area contributed by atoms with E-state index in [0.29, 0.717) is 15.8 Å². The Kier molecular flexibility index (Phi) is 7.69. The zero-order valence-electron chi connectivity index (χ0n) is 14.6. The van der Waals surface area contributed by atoms with Gasteiger partial charge < -0.3 is 14.2 Å². The number of carbonyl (C=O) groups is 2. The average Bonchev–Trinajstić information content (AvgIpc) is 2.47. The lowest BCUT2D eigenvalue weighted by Crippen LogP contribution is -2.37. The Morgan fingerprint density at radius 3 is 2.50 bits per heavy atom. The van der Waals surface area contributed by atoms with Crippen molar-refractivity contribution < 1.29 is 23.8 Å². The number of ether oxygens (including phenoxy) is 3. The molecule has 1 unspecified atom stereocenters. The van der Waals surface area contributed by atoms with Crippen LogP contribution in [0.2, 0.25) is 0 Å². The van der Waals surface area contributed by atoms with Gasteiger partial charge in [0.1, 0.15) is 17.4 Å². The SMILES string of the molecule is CCOC(=O)C(NCC(=O)OC(C)(C)C)c1cc(OC)ccc1Br. The zero-order chi connectivity index (χ0) is 18.3. The van der Waals surface area contributed by atoms with E-state index in [-0.39, 0.29) is 13.2 Å². The summed E-state index contributed by atoms with van der Waals surface area (Å²) in [6.07, 6.45) is 0. The van der Waals surface area contributed by atoms with Crippen LogP contribution in [0, 0.1) is 0 Å². The van der Waals surface area contributed by atoms with E-state index in [2.05, 4.69) is 21.2 Å². The molecule has 0 fully saturated rings. The predicted molar refractivity (Wildman–Crippen MR) is 93.9 cm³/mol. The fourth-order valence-corrected chi connectivity index (χ4v) is 2.45. The van der Waals surface area contributed by atoms with Gasteiger partial charge in [-0.3, -0.25) is 10.1 Å². The number of benzene rings is 1. The Labute approximate surface area is 151 Å². The Bertz CT molecular complexity index is 583. The lowest BCUT2D eigenvalue weighted by molar-refractivity contribution is -0.154. The summed E-state index contributed by atoms with van der Waals surface area (Å²) >= 11 is 3.42. The minimum absolute atomic E-state index is 0.121. The number of halogens is 1. The number of rotatable bonds is 7. The molecular formula is C17H24BrNO5. The molecule has 0 saturated carbocycles. The molecule has 0 amide bonds. The highest BCUT2D eigenvalue weighted by atomic mass is 79.9. The van der Waals surface area contributed by atoms with Gasteiger partial charge in [-0.25, -0.2) is 4.79 Å². The topological polar surface area (TPSA) is 73.9 Å². The second kappa shape index (κ2) is 9.03. The molecule has 0 aromatic heterocycles. The third kappa shape index (κ3) is 6.49. The van der Waals surface area contributed by atoms with Gasteiger partial charge in [-0.2, -0.15) is 0 Å². The lowest BCUT2D eigenvalue weighted by Gasteiger charge is -2.22. The highest BCUT2D eigenvalue weighted by Crippen LogP contribution is 2.28. The number of carbonyl (C=O) groups excluding carboxylic acids is 2. The van der Waals surface area contributed by atoms with Crippen molar-refractivity contribution in [2.45, 2.75) is 39.3 Å². The van der Waals surface area contributed by atoms with E-state index >= 15 is 0 Å². The summed E-state index contributed by atoms with van der Waals surface area (Å²) in [5.74, 6) is -0.326. The van der Waals surface area contributed by atoms with Crippen molar-refractivity contribution in [3.8, 4) is 5.75 Å². The minimum atomic E-state index is -0.818. The maximum atomic E-state index is 12.3.